The number of carbonyl (C=O) groups excluding carboxylic acids is 1. The molecule has 1 saturated carbocycles. The van der Waals surface area contributed by atoms with Crippen LogP contribution in [-0.2, 0) is 17.8 Å². The lowest BCUT2D eigenvalue weighted by Gasteiger charge is -2.41. The molecule has 1 amide bonds. The molecule has 2 saturated heterocycles. The van der Waals surface area contributed by atoms with Crippen molar-refractivity contribution in [2.24, 2.45) is 11.8 Å². The molecular formula is C22H34N4O. The maximum absolute atomic E-state index is 12.2. The molecule has 2 N–H and O–H groups in total. The molecule has 1 aromatic carbocycles. The maximum atomic E-state index is 12.2. The standard InChI is InChI=1S/C22H34N4O/c1-25-10-5-11-26(13-12-25)16-18-7-4-6-17(14-18)15-21-19-8-2-3-9-20(19)22(27)24-23-21/h4,6-7,14,19-21,23H,2-3,5,8-13,15-16H2,1H3,(H,24,27). The Morgan fingerprint density at radius 2 is 1.89 bits per heavy atom. The third-order valence-electron chi connectivity index (χ3n) is 6.72. The third kappa shape index (κ3) is 4.71. The molecule has 1 aliphatic carbocycles. The summed E-state index contributed by atoms with van der Waals surface area (Å²) in [5, 5.41) is 0. The van der Waals surface area contributed by atoms with Crippen molar-refractivity contribution in [2.45, 2.75) is 51.1 Å². The van der Waals surface area contributed by atoms with Gasteiger partial charge >= 0.3 is 0 Å². The molecule has 27 heavy (non-hydrogen) atoms. The zero-order valence-electron chi connectivity index (χ0n) is 16.6. The first-order chi connectivity index (χ1) is 13.2. The van der Waals surface area contributed by atoms with E-state index in [4.69, 9.17) is 0 Å². The summed E-state index contributed by atoms with van der Waals surface area (Å²) in [6.45, 7) is 5.75. The Hall–Kier alpha value is -1.43. The SMILES string of the molecule is CN1CCCN(Cc2cccc(CC3NNC(=O)C4CCCCC34)c2)CC1. The van der Waals surface area contributed by atoms with Gasteiger partial charge in [-0.3, -0.25) is 15.1 Å². The summed E-state index contributed by atoms with van der Waals surface area (Å²) >= 11 is 0. The van der Waals surface area contributed by atoms with E-state index in [2.05, 4.69) is 52.0 Å². The number of hydrogen-bond donors (Lipinski definition) is 2. The smallest absolute Gasteiger partial charge is 0.237 e. The minimum atomic E-state index is 0.204. The number of hydrazine groups is 1. The van der Waals surface area contributed by atoms with Crippen molar-refractivity contribution in [1.29, 1.82) is 0 Å². The van der Waals surface area contributed by atoms with Crippen molar-refractivity contribution >= 4 is 5.91 Å². The molecular weight excluding hydrogens is 336 g/mol. The van der Waals surface area contributed by atoms with E-state index in [0.29, 0.717) is 12.0 Å². The predicted octanol–water partition coefficient (Wildman–Crippen LogP) is 2.18. The second-order valence-corrected chi connectivity index (χ2v) is 8.75. The summed E-state index contributed by atoms with van der Waals surface area (Å²) < 4.78 is 0. The van der Waals surface area contributed by atoms with E-state index in [1.165, 1.54) is 49.9 Å². The molecule has 3 fully saturated rings. The first kappa shape index (κ1) is 18.9. The van der Waals surface area contributed by atoms with Gasteiger partial charge < -0.3 is 4.90 Å². The molecule has 4 rings (SSSR count). The van der Waals surface area contributed by atoms with Gasteiger partial charge in [0.05, 0.1) is 0 Å². The highest BCUT2D eigenvalue weighted by molar-refractivity contribution is 5.79. The van der Waals surface area contributed by atoms with Gasteiger partial charge in [0, 0.05) is 31.6 Å². The summed E-state index contributed by atoms with van der Waals surface area (Å²) in [5.41, 5.74) is 9.06. The Balaban J connectivity index is 1.39. The van der Waals surface area contributed by atoms with Gasteiger partial charge in [-0.2, -0.15) is 0 Å². The summed E-state index contributed by atoms with van der Waals surface area (Å²) in [4.78, 5) is 17.2. The fraction of sp³-hybridized carbons (Fsp3) is 0.682. The Morgan fingerprint density at radius 1 is 1.04 bits per heavy atom. The molecule has 5 nitrogen and oxygen atoms in total. The number of likely N-dealkylation sites (N-methyl/N-ethyl adjacent to an activating group) is 1. The van der Waals surface area contributed by atoms with Crippen molar-refractivity contribution in [1.82, 2.24) is 20.7 Å². The van der Waals surface area contributed by atoms with Crippen molar-refractivity contribution < 1.29 is 4.79 Å². The minimum Gasteiger partial charge on any atom is -0.305 e. The molecule has 3 atom stereocenters. The topological polar surface area (TPSA) is 47.6 Å². The molecule has 3 aliphatic rings. The van der Waals surface area contributed by atoms with Crippen molar-refractivity contribution in [2.75, 3.05) is 33.2 Å². The molecule has 0 spiro atoms. The van der Waals surface area contributed by atoms with Crippen molar-refractivity contribution in [3.05, 3.63) is 35.4 Å². The molecule has 148 valence electrons. The van der Waals surface area contributed by atoms with E-state index < -0.39 is 0 Å². The first-order valence-corrected chi connectivity index (χ1v) is 10.7. The van der Waals surface area contributed by atoms with Crippen LogP contribution in [0.25, 0.3) is 0 Å². The van der Waals surface area contributed by atoms with Crippen LogP contribution in [0.1, 0.15) is 43.2 Å². The van der Waals surface area contributed by atoms with Gasteiger partial charge in [0.2, 0.25) is 5.91 Å². The first-order valence-electron chi connectivity index (χ1n) is 10.7. The minimum absolute atomic E-state index is 0.204. The van der Waals surface area contributed by atoms with Gasteiger partial charge in [-0.05, 0) is 62.9 Å². The van der Waals surface area contributed by atoms with E-state index in [1.54, 1.807) is 0 Å². The highest BCUT2D eigenvalue weighted by atomic mass is 16.2. The summed E-state index contributed by atoms with van der Waals surface area (Å²) in [6, 6.07) is 9.45. The highest BCUT2D eigenvalue weighted by Crippen LogP contribution is 2.35. The zero-order valence-corrected chi connectivity index (χ0v) is 16.6. The molecule has 0 radical (unpaired) electrons. The molecule has 1 aromatic rings. The maximum Gasteiger partial charge on any atom is 0.237 e. The number of nitrogens with zero attached hydrogens (tertiary/aromatic N) is 2. The van der Waals surface area contributed by atoms with Gasteiger partial charge in [-0.1, -0.05) is 37.1 Å². The molecule has 2 aliphatic heterocycles. The van der Waals surface area contributed by atoms with Gasteiger partial charge in [0.1, 0.15) is 0 Å². The lowest BCUT2D eigenvalue weighted by atomic mass is 9.72. The van der Waals surface area contributed by atoms with Crippen LogP contribution < -0.4 is 10.9 Å². The van der Waals surface area contributed by atoms with Gasteiger partial charge in [0.25, 0.3) is 0 Å². The van der Waals surface area contributed by atoms with Crippen LogP contribution in [0.15, 0.2) is 24.3 Å². The fourth-order valence-corrected chi connectivity index (χ4v) is 5.16. The van der Waals surface area contributed by atoms with E-state index >= 15 is 0 Å². The van der Waals surface area contributed by atoms with Gasteiger partial charge in [-0.25, -0.2) is 5.43 Å². The lowest BCUT2D eigenvalue weighted by Crippen LogP contribution is -2.60. The number of amides is 1. The van der Waals surface area contributed by atoms with E-state index in [1.807, 2.05) is 0 Å². The van der Waals surface area contributed by atoms with Crippen LogP contribution in [0.2, 0.25) is 0 Å². The summed E-state index contributed by atoms with van der Waals surface area (Å²) in [5.74, 6) is 0.899. The summed E-state index contributed by atoms with van der Waals surface area (Å²) in [6.07, 6.45) is 6.94. The van der Waals surface area contributed by atoms with E-state index in [9.17, 15) is 4.79 Å². The Morgan fingerprint density at radius 3 is 2.81 bits per heavy atom. The number of benzene rings is 1. The Labute approximate surface area is 163 Å². The molecule has 5 heteroatoms. The molecule has 0 bridgehead atoms. The second-order valence-electron chi connectivity index (χ2n) is 8.75. The van der Waals surface area contributed by atoms with Crippen molar-refractivity contribution in [3.63, 3.8) is 0 Å². The van der Waals surface area contributed by atoms with Crippen LogP contribution >= 0.6 is 0 Å². The van der Waals surface area contributed by atoms with Crippen LogP contribution in [0, 0.1) is 11.8 Å². The van der Waals surface area contributed by atoms with E-state index in [0.717, 1.165) is 32.5 Å². The van der Waals surface area contributed by atoms with Crippen molar-refractivity contribution in [3.8, 4) is 0 Å². The Bertz CT molecular complexity index is 649. The lowest BCUT2D eigenvalue weighted by molar-refractivity contribution is -0.133. The normalized spacial score (nSPS) is 30.4. The number of carbonyl (C=O) groups is 1. The van der Waals surface area contributed by atoms with Gasteiger partial charge in [0.15, 0.2) is 0 Å². The monoisotopic (exact) mass is 370 g/mol. The van der Waals surface area contributed by atoms with Crippen LogP contribution in [0.5, 0.6) is 0 Å². The van der Waals surface area contributed by atoms with Crippen LogP contribution in [-0.4, -0.2) is 55.0 Å². The number of nitrogens with one attached hydrogen (secondary N) is 2. The molecule has 0 aromatic heterocycles. The van der Waals surface area contributed by atoms with Gasteiger partial charge in [-0.15, -0.1) is 0 Å². The van der Waals surface area contributed by atoms with E-state index in [-0.39, 0.29) is 11.8 Å². The largest absolute Gasteiger partial charge is 0.305 e. The quantitative estimate of drug-likeness (QED) is 0.853. The average molecular weight is 371 g/mol. The number of rotatable bonds is 4. The predicted molar refractivity (Wildman–Crippen MR) is 108 cm³/mol. The number of fused-ring (bicyclic) bond motifs is 1. The summed E-state index contributed by atoms with van der Waals surface area (Å²) in [7, 11) is 2.22. The Kier molecular flexibility index (Phi) is 6.11. The molecule has 2 heterocycles. The average Bonchev–Trinajstić information content (AvgIpc) is 2.89. The highest BCUT2D eigenvalue weighted by Gasteiger charge is 2.39. The van der Waals surface area contributed by atoms with Crippen LogP contribution in [0.4, 0.5) is 0 Å². The fourth-order valence-electron chi connectivity index (χ4n) is 5.16. The third-order valence-corrected chi connectivity index (χ3v) is 6.72. The molecule has 3 unspecified atom stereocenters. The second kappa shape index (κ2) is 8.72. The van der Waals surface area contributed by atoms with Crippen LogP contribution in [0.3, 0.4) is 0 Å². The zero-order chi connectivity index (χ0) is 18.6. The number of hydrogen-bond acceptors (Lipinski definition) is 4.